The van der Waals surface area contributed by atoms with Crippen molar-refractivity contribution in [3.63, 3.8) is 0 Å². The Morgan fingerprint density at radius 1 is 0.711 bits per heavy atom. The quantitative estimate of drug-likeness (QED) is 0.328. The lowest BCUT2D eigenvalue weighted by Crippen LogP contribution is -2.48. The van der Waals surface area contributed by atoms with Gasteiger partial charge < -0.3 is 19.1 Å². The van der Waals surface area contributed by atoms with Crippen LogP contribution in [-0.2, 0) is 10.0 Å². The molecule has 0 N–H and O–H groups in total. The Balaban J connectivity index is 1.21. The van der Waals surface area contributed by atoms with Crippen LogP contribution in [0, 0.1) is 0 Å². The Labute approximate surface area is 222 Å². The molecule has 1 aliphatic rings. The molecule has 0 spiro atoms. The molecule has 5 rings (SSSR count). The van der Waals surface area contributed by atoms with Gasteiger partial charge in [0.25, 0.3) is 0 Å². The summed E-state index contributed by atoms with van der Waals surface area (Å²) in [5.74, 6) is 3.24. The number of piperazine rings is 1. The molecule has 0 atom stereocenters. The molecule has 0 radical (unpaired) electrons. The molecule has 0 unspecified atom stereocenters. The van der Waals surface area contributed by atoms with Crippen molar-refractivity contribution in [3.8, 4) is 34.3 Å². The van der Waals surface area contributed by atoms with E-state index in [4.69, 9.17) is 14.2 Å². The molecule has 0 saturated carbocycles. The number of nitrogens with zero attached hydrogens (tertiary/aromatic N) is 4. The third-order valence-electron chi connectivity index (χ3n) is 6.33. The summed E-state index contributed by atoms with van der Waals surface area (Å²) in [6.45, 7) is 1.73. The van der Waals surface area contributed by atoms with E-state index in [2.05, 4.69) is 10.2 Å². The third-order valence-corrected chi connectivity index (χ3v) is 8.25. The Morgan fingerprint density at radius 2 is 1.39 bits per heavy atom. The van der Waals surface area contributed by atoms with E-state index < -0.39 is 10.0 Å². The minimum atomic E-state index is -3.62. The summed E-state index contributed by atoms with van der Waals surface area (Å²) in [4.78, 5) is 2.28. The van der Waals surface area contributed by atoms with Crippen molar-refractivity contribution < 1.29 is 22.6 Å². The summed E-state index contributed by atoms with van der Waals surface area (Å²) < 4.78 is 44.4. The normalized spacial score (nSPS) is 14.2. The van der Waals surface area contributed by atoms with Gasteiger partial charge in [-0.3, -0.25) is 0 Å². The Hall–Kier alpha value is -4.15. The lowest BCUT2D eigenvalue weighted by atomic mass is 10.1. The van der Waals surface area contributed by atoms with Gasteiger partial charge in [0, 0.05) is 31.7 Å². The maximum Gasteiger partial charge on any atom is 0.243 e. The van der Waals surface area contributed by atoms with Crippen molar-refractivity contribution in [1.82, 2.24) is 14.5 Å². The number of sulfonamides is 1. The standard InChI is InChI=1S/C28H28N4O5S/c1-35-26-14-8-21(20-27(26)36-2)25-13-15-28(30-29-25)31-16-18-32(19-17-31)38(33,34)24-11-9-23(10-12-24)37-22-6-4-3-5-7-22/h3-15,20H,16-19H2,1-2H3. The minimum Gasteiger partial charge on any atom is -0.493 e. The van der Waals surface area contributed by atoms with Gasteiger partial charge in [0.05, 0.1) is 24.8 Å². The number of anilines is 1. The van der Waals surface area contributed by atoms with Crippen molar-refractivity contribution >= 4 is 15.8 Å². The van der Waals surface area contributed by atoms with E-state index in [1.807, 2.05) is 65.6 Å². The molecule has 10 heteroatoms. The van der Waals surface area contributed by atoms with Gasteiger partial charge in [0.1, 0.15) is 11.5 Å². The van der Waals surface area contributed by atoms with Gasteiger partial charge in [-0.15, -0.1) is 10.2 Å². The van der Waals surface area contributed by atoms with Crippen LogP contribution in [0.25, 0.3) is 11.3 Å². The highest BCUT2D eigenvalue weighted by Gasteiger charge is 2.29. The number of rotatable bonds is 8. The second kappa shape index (κ2) is 11.1. The molecule has 1 aromatic heterocycles. The number of benzene rings is 3. The molecule has 1 aliphatic heterocycles. The second-order valence-corrected chi connectivity index (χ2v) is 10.6. The topological polar surface area (TPSA) is 94.1 Å². The molecular weight excluding hydrogens is 504 g/mol. The smallest absolute Gasteiger partial charge is 0.243 e. The largest absolute Gasteiger partial charge is 0.493 e. The molecule has 0 bridgehead atoms. The summed E-state index contributed by atoms with van der Waals surface area (Å²) in [5, 5.41) is 8.77. The molecule has 3 aromatic carbocycles. The van der Waals surface area contributed by atoms with Crippen LogP contribution in [0.5, 0.6) is 23.0 Å². The van der Waals surface area contributed by atoms with E-state index >= 15 is 0 Å². The summed E-state index contributed by atoms with van der Waals surface area (Å²) in [6, 6.07) is 25.2. The van der Waals surface area contributed by atoms with E-state index in [1.165, 1.54) is 4.31 Å². The van der Waals surface area contributed by atoms with Crippen LogP contribution in [0.2, 0.25) is 0 Å². The van der Waals surface area contributed by atoms with Gasteiger partial charge in [0.15, 0.2) is 17.3 Å². The maximum absolute atomic E-state index is 13.2. The lowest BCUT2D eigenvalue weighted by Gasteiger charge is -2.34. The van der Waals surface area contributed by atoms with Crippen molar-refractivity contribution in [2.24, 2.45) is 0 Å². The monoisotopic (exact) mass is 532 g/mol. The second-order valence-electron chi connectivity index (χ2n) is 8.62. The highest BCUT2D eigenvalue weighted by molar-refractivity contribution is 7.89. The summed E-state index contributed by atoms with van der Waals surface area (Å²) in [6.07, 6.45) is 0. The van der Waals surface area contributed by atoms with Gasteiger partial charge in [0.2, 0.25) is 10.0 Å². The maximum atomic E-state index is 13.2. The first-order chi connectivity index (χ1) is 18.5. The Kier molecular flexibility index (Phi) is 7.43. The number of methoxy groups -OCH3 is 2. The number of hydrogen-bond acceptors (Lipinski definition) is 8. The van der Waals surface area contributed by atoms with Crippen LogP contribution in [0.3, 0.4) is 0 Å². The first-order valence-electron chi connectivity index (χ1n) is 12.1. The zero-order valence-electron chi connectivity index (χ0n) is 21.1. The number of ether oxygens (including phenoxy) is 3. The fourth-order valence-corrected chi connectivity index (χ4v) is 5.68. The highest BCUT2D eigenvalue weighted by atomic mass is 32.2. The number of hydrogen-bond donors (Lipinski definition) is 0. The molecule has 1 fully saturated rings. The molecule has 9 nitrogen and oxygen atoms in total. The van der Waals surface area contributed by atoms with Crippen molar-refractivity contribution in [2.45, 2.75) is 4.90 Å². The van der Waals surface area contributed by atoms with Crippen LogP contribution < -0.4 is 19.1 Å². The van der Waals surface area contributed by atoms with Gasteiger partial charge >= 0.3 is 0 Å². The Bertz CT molecular complexity index is 1470. The van der Waals surface area contributed by atoms with Crippen molar-refractivity contribution in [1.29, 1.82) is 0 Å². The summed E-state index contributed by atoms with van der Waals surface area (Å²) in [5.41, 5.74) is 1.56. The highest BCUT2D eigenvalue weighted by Crippen LogP contribution is 2.32. The van der Waals surface area contributed by atoms with Crippen LogP contribution in [0.1, 0.15) is 0 Å². The fourth-order valence-electron chi connectivity index (χ4n) is 4.25. The predicted molar refractivity (Wildman–Crippen MR) is 145 cm³/mol. The lowest BCUT2D eigenvalue weighted by molar-refractivity contribution is 0.355. The summed E-state index contributed by atoms with van der Waals surface area (Å²) in [7, 11) is -0.438. The molecular formula is C28H28N4O5S. The van der Waals surface area contributed by atoms with Gasteiger partial charge in [-0.2, -0.15) is 4.31 Å². The van der Waals surface area contributed by atoms with E-state index in [0.29, 0.717) is 60.7 Å². The van der Waals surface area contributed by atoms with E-state index in [1.54, 1.807) is 38.5 Å². The predicted octanol–water partition coefficient (Wildman–Crippen LogP) is 4.46. The third kappa shape index (κ3) is 5.41. The number of para-hydroxylation sites is 1. The summed E-state index contributed by atoms with van der Waals surface area (Å²) >= 11 is 0. The molecule has 0 amide bonds. The SMILES string of the molecule is COc1ccc(-c2ccc(N3CCN(S(=O)(=O)c4ccc(Oc5ccccc5)cc4)CC3)nn2)cc1OC. The zero-order chi connectivity index (χ0) is 26.5. The molecule has 4 aromatic rings. The number of aromatic nitrogens is 2. The van der Waals surface area contributed by atoms with E-state index in [9.17, 15) is 8.42 Å². The molecule has 0 aliphatic carbocycles. The van der Waals surface area contributed by atoms with Gasteiger partial charge in [-0.1, -0.05) is 18.2 Å². The average Bonchev–Trinajstić information content (AvgIpc) is 2.98. The zero-order valence-corrected chi connectivity index (χ0v) is 22.0. The van der Waals surface area contributed by atoms with Crippen LogP contribution in [-0.4, -0.2) is 63.3 Å². The Morgan fingerprint density at radius 3 is 2.03 bits per heavy atom. The first kappa shape index (κ1) is 25.5. The van der Waals surface area contributed by atoms with Crippen molar-refractivity contribution in [2.75, 3.05) is 45.3 Å². The first-order valence-corrected chi connectivity index (χ1v) is 13.6. The molecule has 38 heavy (non-hydrogen) atoms. The fraction of sp³-hybridized carbons (Fsp3) is 0.214. The van der Waals surface area contributed by atoms with Crippen LogP contribution in [0.4, 0.5) is 5.82 Å². The van der Waals surface area contributed by atoms with Crippen LogP contribution >= 0.6 is 0 Å². The average molecular weight is 533 g/mol. The van der Waals surface area contributed by atoms with Gasteiger partial charge in [-0.25, -0.2) is 8.42 Å². The van der Waals surface area contributed by atoms with E-state index in [-0.39, 0.29) is 4.90 Å². The van der Waals surface area contributed by atoms with Crippen LogP contribution in [0.15, 0.2) is 89.8 Å². The molecule has 196 valence electrons. The van der Waals surface area contributed by atoms with E-state index in [0.717, 1.165) is 5.56 Å². The van der Waals surface area contributed by atoms with Crippen molar-refractivity contribution in [3.05, 3.63) is 84.9 Å². The molecule has 1 saturated heterocycles. The minimum absolute atomic E-state index is 0.241. The molecule has 2 heterocycles. The van der Waals surface area contributed by atoms with Gasteiger partial charge in [-0.05, 0) is 66.7 Å².